The van der Waals surface area contributed by atoms with E-state index >= 15 is 0 Å². The van der Waals surface area contributed by atoms with Crippen molar-refractivity contribution >= 4 is 17.2 Å². The first kappa shape index (κ1) is 10.6. The number of hydrogen-bond donors (Lipinski definition) is 3. The number of nitrogens with two attached hydrogens (primary N) is 1. The van der Waals surface area contributed by atoms with Gasteiger partial charge in [0, 0.05) is 4.88 Å². The Morgan fingerprint density at radius 2 is 2.47 bits per heavy atom. The maximum absolute atomic E-state index is 11.7. The molecule has 4 N–H and O–H groups in total. The predicted molar refractivity (Wildman–Crippen MR) is 58.4 cm³/mol. The minimum Gasteiger partial charge on any atom is -0.394 e. The number of hydrogen-bond acceptors (Lipinski definition) is 4. The molecule has 0 radical (unpaired) electrons. The third-order valence-electron chi connectivity index (χ3n) is 2.68. The van der Waals surface area contributed by atoms with Crippen LogP contribution in [0, 0.1) is 0 Å². The molecule has 1 heterocycles. The normalized spacial score (nSPS) is 19.6. The number of rotatable bonds is 4. The summed E-state index contributed by atoms with van der Waals surface area (Å²) in [6, 6.07) is 3.09. The highest BCUT2D eigenvalue weighted by atomic mass is 32.1. The lowest BCUT2D eigenvalue weighted by Crippen LogP contribution is -2.44. The summed E-state index contributed by atoms with van der Waals surface area (Å²) in [6.07, 6.45) is 1.68. The van der Waals surface area contributed by atoms with Gasteiger partial charge in [0.2, 0.25) is 5.91 Å². The van der Waals surface area contributed by atoms with Crippen LogP contribution in [-0.2, 0) is 4.79 Å². The SMILES string of the molecule is NC(C(=O)NC1(CO)CC1)c1cccs1. The average Bonchev–Trinajstić information content (AvgIpc) is 2.81. The number of aliphatic hydroxyl groups excluding tert-OH is 1. The second-order valence-electron chi connectivity index (χ2n) is 3.92. The first-order valence-electron chi connectivity index (χ1n) is 4.89. The summed E-state index contributed by atoms with van der Waals surface area (Å²) >= 11 is 1.47. The van der Waals surface area contributed by atoms with Gasteiger partial charge in [-0.05, 0) is 24.3 Å². The Morgan fingerprint density at radius 1 is 1.73 bits per heavy atom. The Labute approximate surface area is 92.1 Å². The van der Waals surface area contributed by atoms with E-state index in [-0.39, 0.29) is 18.1 Å². The van der Waals surface area contributed by atoms with Gasteiger partial charge >= 0.3 is 0 Å². The molecule has 0 bridgehead atoms. The van der Waals surface area contributed by atoms with E-state index in [1.807, 2.05) is 17.5 Å². The summed E-state index contributed by atoms with van der Waals surface area (Å²) < 4.78 is 0. The lowest BCUT2D eigenvalue weighted by molar-refractivity contribution is -0.123. The molecule has 4 nitrogen and oxygen atoms in total. The van der Waals surface area contributed by atoms with Crippen molar-refractivity contribution in [3.8, 4) is 0 Å². The zero-order valence-electron chi connectivity index (χ0n) is 8.27. The van der Waals surface area contributed by atoms with E-state index in [1.165, 1.54) is 11.3 Å². The standard InChI is InChI=1S/C10H14N2O2S/c11-8(7-2-1-5-15-7)9(14)12-10(6-13)3-4-10/h1-2,5,8,13H,3-4,6,11H2,(H,12,14). The third kappa shape index (κ3) is 2.19. The molecule has 1 fully saturated rings. The molecule has 1 aliphatic rings. The molecule has 1 atom stereocenters. The Hall–Kier alpha value is -0.910. The van der Waals surface area contributed by atoms with Gasteiger partial charge in [-0.3, -0.25) is 4.79 Å². The van der Waals surface area contributed by atoms with Crippen LogP contribution >= 0.6 is 11.3 Å². The molecular weight excluding hydrogens is 212 g/mol. The first-order chi connectivity index (χ1) is 7.17. The Kier molecular flexibility index (Phi) is 2.77. The van der Waals surface area contributed by atoms with Crippen LogP contribution in [0.1, 0.15) is 23.8 Å². The average molecular weight is 226 g/mol. The van der Waals surface area contributed by atoms with Gasteiger partial charge in [-0.25, -0.2) is 0 Å². The van der Waals surface area contributed by atoms with E-state index in [9.17, 15) is 4.79 Å². The minimum atomic E-state index is -0.617. The highest BCUT2D eigenvalue weighted by Gasteiger charge is 2.44. The highest BCUT2D eigenvalue weighted by molar-refractivity contribution is 7.10. The number of nitrogens with one attached hydrogen (secondary N) is 1. The molecule has 0 spiro atoms. The monoisotopic (exact) mass is 226 g/mol. The maximum Gasteiger partial charge on any atom is 0.242 e. The van der Waals surface area contributed by atoms with E-state index in [2.05, 4.69) is 5.32 Å². The Balaban J connectivity index is 1.97. The number of amides is 1. The molecule has 1 aliphatic carbocycles. The summed E-state index contributed by atoms with van der Waals surface area (Å²) in [6.45, 7) is -0.00407. The summed E-state index contributed by atoms with van der Waals surface area (Å²) in [5.41, 5.74) is 5.41. The van der Waals surface area contributed by atoms with E-state index in [0.29, 0.717) is 0 Å². The van der Waals surface area contributed by atoms with Crippen LogP contribution in [0.3, 0.4) is 0 Å². The van der Waals surface area contributed by atoms with Gasteiger partial charge in [0.1, 0.15) is 6.04 Å². The van der Waals surface area contributed by atoms with Gasteiger partial charge in [0.05, 0.1) is 12.1 Å². The minimum absolute atomic E-state index is 0.00407. The van der Waals surface area contributed by atoms with Gasteiger partial charge in [0.15, 0.2) is 0 Å². The number of thiophene rings is 1. The van der Waals surface area contributed by atoms with Gasteiger partial charge in [0.25, 0.3) is 0 Å². The van der Waals surface area contributed by atoms with Crippen molar-refractivity contribution in [2.24, 2.45) is 5.73 Å². The van der Waals surface area contributed by atoms with Crippen molar-refractivity contribution in [3.63, 3.8) is 0 Å². The van der Waals surface area contributed by atoms with Gasteiger partial charge in [-0.1, -0.05) is 6.07 Å². The second-order valence-corrected chi connectivity index (χ2v) is 4.90. The highest BCUT2D eigenvalue weighted by Crippen LogP contribution is 2.35. The van der Waals surface area contributed by atoms with E-state index in [0.717, 1.165) is 17.7 Å². The molecule has 1 aromatic heterocycles. The zero-order chi connectivity index (χ0) is 10.9. The maximum atomic E-state index is 11.7. The van der Waals surface area contributed by atoms with Crippen LogP contribution in [0.5, 0.6) is 0 Å². The third-order valence-corrected chi connectivity index (χ3v) is 3.63. The lowest BCUT2D eigenvalue weighted by atomic mass is 10.2. The van der Waals surface area contributed by atoms with Crippen LogP contribution in [0.2, 0.25) is 0 Å². The number of aliphatic hydroxyl groups is 1. The molecule has 0 saturated heterocycles. The molecule has 0 aliphatic heterocycles. The van der Waals surface area contributed by atoms with Crippen LogP contribution in [0.15, 0.2) is 17.5 Å². The fourth-order valence-electron chi connectivity index (χ4n) is 1.41. The summed E-state index contributed by atoms with van der Waals surface area (Å²) in [5, 5.41) is 13.8. The van der Waals surface area contributed by atoms with Crippen LogP contribution < -0.4 is 11.1 Å². The van der Waals surface area contributed by atoms with Crippen LogP contribution in [0.25, 0.3) is 0 Å². The van der Waals surface area contributed by atoms with Crippen LogP contribution in [-0.4, -0.2) is 23.2 Å². The molecule has 5 heteroatoms. The molecular formula is C10H14N2O2S. The van der Waals surface area contributed by atoms with E-state index in [4.69, 9.17) is 10.8 Å². The Bertz CT molecular complexity index is 346. The Morgan fingerprint density at radius 3 is 2.93 bits per heavy atom. The quantitative estimate of drug-likeness (QED) is 0.695. The van der Waals surface area contributed by atoms with Gasteiger partial charge < -0.3 is 16.2 Å². The molecule has 1 saturated carbocycles. The van der Waals surface area contributed by atoms with Crippen molar-refractivity contribution in [2.45, 2.75) is 24.4 Å². The van der Waals surface area contributed by atoms with Crippen molar-refractivity contribution in [1.29, 1.82) is 0 Å². The van der Waals surface area contributed by atoms with Crippen molar-refractivity contribution < 1.29 is 9.90 Å². The number of carbonyl (C=O) groups excluding carboxylic acids is 1. The van der Waals surface area contributed by atoms with Crippen molar-refractivity contribution in [3.05, 3.63) is 22.4 Å². The van der Waals surface area contributed by atoms with Gasteiger partial charge in [-0.15, -0.1) is 11.3 Å². The second kappa shape index (κ2) is 3.92. The topological polar surface area (TPSA) is 75.4 Å². The fraction of sp³-hybridized carbons (Fsp3) is 0.500. The smallest absolute Gasteiger partial charge is 0.242 e. The van der Waals surface area contributed by atoms with E-state index in [1.54, 1.807) is 0 Å². The van der Waals surface area contributed by atoms with Crippen molar-refractivity contribution in [2.75, 3.05) is 6.61 Å². The molecule has 15 heavy (non-hydrogen) atoms. The molecule has 82 valence electrons. The molecule has 1 amide bonds. The fourth-order valence-corrected chi connectivity index (χ4v) is 2.14. The molecule has 2 rings (SSSR count). The molecule has 1 aromatic rings. The van der Waals surface area contributed by atoms with Crippen molar-refractivity contribution in [1.82, 2.24) is 5.32 Å². The first-order valence-corrected chi connectivity index (χ1v) is 5.77. The largest absolute Gasteiger partial charge is 0.394 e. The number of carbonyl (C=O) groups is 1. The molecule has 0 aromatic carbocycles. The predicted octanol–water partition coefficient (Wildman–Crippen LogP) is 0.389. The summed E-state index contributed by atoms with van der Waals surface area (Å²) in [5.74, 6) is -0.205. The van der Waals surface area contributed by atoms with Gasteiger partial charge in [-0.2, -0.15) is 0 Å². The lowest BCUT2D eigenvalue weighted by Gasteiger charge is -2.17. The molecule has 1 unspecified atom stereocenters. The van der Waals surface area contributed by atoms with Crippen LogP contribution in [0.4, 0.5) is 0 Å². The van der Waals surface area contributed by atoms with E-state index < -0.39 is 6.04 Å². The zero-order valence-corrected chi connectivity index (χ0v) is 9.09. The summed E-state index contributed by atoms with van der Waals surface area (Å²) in [7, 11) is 0. The summed E-state index contributed by atoms with van der Waals surface area (Å²) in [4.78, 5) is 12.6.